The summed E-state index contributed by atoms with van der Waals surface area (Å²) >= 11 is 0. The maximum atomic E-state index is 12.9. The number of amides is 1. The van der Waals surface area contributed by atoms with Gasteiger partial charge in [-0.15, -0.1) is 0 Å². The van der Waals surface area contributed by atoms with Gasteiger partial charge in [0.15, 0.2) is 0 Å². The van der Waals surface area contributed by atoms with Gasteiger partial charge >= 0.3 is 0 Å². The fourth-order valence-corrected chi connectivity index (χ4v) is 5.21. The summed E-state index contributed by atoms with van der Waals surface area (Å²) < 4.78 is 6.37. The van der Waals surface area contributed by atoms with Gasteiger partial charge < -0.3 is 15.8 Å². The van der Waals surface area contributed by atoms with Gasteiger partial charge in [0.2, 0.25) is 0 Å². The number of carbonyl (C=O) groups is 1. The van der Waals surface area contributed by atoms with E-state index in [9.17, 15) is 4.79 Å². The molecule has 3 aromatic rings. The van der Waals surface area contributed by atoms with Crippen molar-refractivity contribution in [3.05, 3.63) is 92.2 Å². The van der Waals surface area contributed by atoms with E-state index in [1.54, 1.807) is 0 Å². The Labute approximate surface area is 189 Å². The van der Waals surface area contributed by atoms with Gasteiger partial charge in [-0.3, -0.25) is 4.79 Å². The van der Waals surface area contributed by atoms with E-state index >= 15 is 0 Å². The topological polar surface area (TPSA) is 77.2 Å². The van der Waals surface area contributed by atoms with Gasteiger partial charge in [0, 0.05) is 17.8 Å². The molecule has 2 unspecified atom stereocenters. The first kappa shape index (κ1) is 20.7. The third-order valence-electron chi connectivity index (χ3n) is 6.92. The van der Waals surface area contributed by atoms with Crippen LogP contribution >= 0.6 is 0 Å². The van der Waals surface area contributed by atoms with Crippen LogP contribution in [0, 0.1) is 13.8 Å². The molecule has 2 aliphatic heterocycles. The minimum Gasteiger partial charge on any atom is -0.384 e. The highest BCUT2D eigenvalue weighted by Gasteiger charge is 2.43. The van der Waals surface area contributed by atoms with Crippen molar-refractivity contribution in [2.24, 2.45) is 0 Å². The Balaban J connectivity index is 1.40. The number of aryl methyl sites for hydroxylation is 4. The smallest absolute Gasteiger partial charge is 0.251 e. The van der Waals surface area contributed by atoms with Gasteiger partial charge in [-0.05, 0) is 89.4 Å². The number of hydrogen-bond donors (Lipinski definition) is 2. The zero-order valence-corrected chi connectivity index (χ0v) is 19.1. The van der Waals surface area contributed by atoms with E-state index in [1.165, 1.54) is 27.8 Å². The summed E-state index contributed by atoms with van der Waals surface area (Å²) in [6.07, 6.45) is 1.94. The van der Waals surface area contributed by atoms with Crippen molar-refractivity contribution < 1.29 is 9.53 Å². The number of nitrogens with one attached hydrogen (secondary N) is 1. The number of pyridine rings is 1. The van der Waals surface area contributed by atoms with Crippen LogP contribution in [0.25, 0.3) is 0 Å². The lowest BCUT2D eigenvalue weighted by Gasteiger charge is -2.19. The van der Waals surface area contributed by atoms with Crippen LogP contribution in [0.1, 0.15) is 86.6 Å². The summed E-state index contributed by atoms with van der Waals surface area (Å²) in [7, 11) is 0. The molecule has 0 saturated heterocycles. The van der Waals surface area contributed by atoms with Crippen LogP contribution in [0.2, 0.25) is 0 Å². The highest BCUT2D eigenvalue weighted by molar-refractivity contribution is 5.94. The molecule has 164 valence electrons. The minimum atomic E-state index is -0.0954. The van der Waals surface area contributed by atoms with E-state index in [1.807, 2.05) is 32.0 Å². The second-order valence-electron chi connectivity index (χ2n) is 8.81. The van der Waals surface area contributed by atoms with E-state index in [0.717, 1.165) is 35.2 Å². The number of fused-ring (bicyclic) bond motifs is 8. The first-order valence-corrected chi connectivity index (χ1v) is 11.4. The molecule has 3 N–H and O–H groups in total. The highest BCUT2D eigenvalue weighted by Crippen LogP contribution is 2.54. The van der Waals surface area contributed by atoms with E-state index in [-0.39, 0.29) is 18.1 Å². The lowest BCUT2D eigenvalue weighted by atomic mass is 9.82. The van der Waals surface area contributed by atoms with Gasteiger partial charge in [0.25, 0.3) is 5.91 Å². The van der Waals surface area contributed by atoms with Gasteiger partial charge in [0.05, 0.1) is 0 Å². The van der Waals surface area contributed by atoms with E-state index in [0.29, 0.717) is 17.9 Å². The summed E-state index contributed by atoms with van der Waals surface area (Å²) in [5.41, 5.74) is 17.0. The number of nitrogen functional groups attached to an aromatic ring is 1. The Morgan fingerprint density at radius 2 is 1.59 bits per heavy atom. The SMILES string of the molecule is CCc1cc2c(cc1CC)C1OC2c2ccc(C(=O)NCc3c(C)cc(N)nc3C)cc21. The lowest BCUT2D eigenvalue weighted by Crippen LogP contribution is -2.24. The first-order valence-electron chi connectivity index (χ1n) is 11.4. The van der Waals surface area contributed by atoms with Crippen LogP contribution in [0.15, 0.2) is 36.4 Å². The molecule has 0 fully saturated rings. The number of rotatable bonds is 5. The molecular formula is C27H29N3O2. The number of hydrogen-bond acceptors (Lipinski definition) is 4. The summed E-state index contributed by atoms with van der Waals surface area (Å²) in [5.74, 6) is 0.406. The largest absolute Gasteiger partial charge is 0.384 e. The van der Waals surface area contributed by atoms with Gasteiger partial charge in [0.1, 0.15) is 18.0 Å². The average molecular weight is 428 g/mol. The molecule has 1 amide bonds. The van der Waals surface area contributed by atoms with Crippen LogP contribution in [-0.4, -0.2) is 10.9 Å². The molecule has 0 radical (unpaired) electrons. The molecule has 3 heterocycles. The molecular weight excluding hydrogens is 398 g/mol. The maximum absolute atomic E-state index is 12.9. The molecule has 2 atom stereocenters. The lowest BCUT2D eigenvalue weighted by molar-refractivity contribution is 0.0857. The van der Waals surface area contributed by atoms with Crippen molar-refractivity contribution in [1.29, 1.82) is 0 Å². The van der Waals surface area contributed by atoms with E-state index in [2.05, 4.69) is 42.3 Å². The van der Waals surface area contributed by atoms with Crippen molar-refractivity contribution in [3.8, 4) is 0 Å². The molecule has 0 aliphatic carbocycles. The normalized spacial score (nSPS) is 17.9. The molecule has 0 spiro atoms. The standard InChI is InChI=1S/C27H29N3O2/c1-5-16-10-21-22(11-17(16)6-2)26-20-12-18(7-8-19(20)25(21)32-26)27(31)29-13-23-14(3)9-24(28)30-15(23)4/h7-12,25-26H,5-6,13H2,1-4H3,(H2,28,30)(H,29,31). The Kier molecular flexibility index (Phi) is 5.01. The summed E-state index contributed by atoms with van der Waals surface area (Å²) in [6, 6.07) is 12.4. The van der Waals surface area contributed by atoms with Crippen molar-refractivity contribution >= 4 is 11.7 Å². The predicted molar refractivity (Wildman–Crippen MR) is 126 cm³/mol. The maximum Gasteiger partial charge on any atom is 0.251 e. The molecule has 0 saturated carbocycles. The molecule has 5 heteroatoms. The number of nitrogens with zero attached hydrogens (tertiary/aromatic N) is 1. The summed E-state index contributed by atoms with van der Waals surface area (Å²) in [6.45, 7) is 8.73. The summed E-state index contributed by atoms with van der Waals surface area (Å²) in [5, 5.41) is 3.04. The van der Waals surface area contributed by atoms with E-state index < -0.39 is 0 Å². The molecule has 5 rings (SSSR count). The number of anilines is 1. The zero-order chi connectivity index (χ0) is 22.6. The molecule has 32 heavy (non-hydrogen) atoms. The third-order valence-corrected chi connectivity index (χ3v) is 6.92. The van der Waals surface area contributed by atoms with Crippen LogP contribution in [0.4, 0.5) is 5.82 Å². The number of ether oxygens (including phenoxy) is 1. The monoisotopic (exact) mass is 427 g/mol. The fourth-order valence-electron chi connectivity index (χ4n) is 5.21. The Bertz CT molecular complexity index is 1220. The zero-order valence-electron chi connectivity index (χ0n) is 19.1. The molecule has 2 bridgehead atoms. The number of benzene rings is 2. The molecule has 1 aromatic heterocycles. The fraction of sp³-hybridized carbons (Fsp3) is 0.333. The second-order valence-corrected chi connectivity index (χ2v) is 8.81. The predicted octanol–water partition coefficient (Wildman–Crippen LogP) is 4.86. The van der Waals surface area contributed by atoms with E-state index in [4.69, 9.17) is 10.5 Å². The van der Waals surface area contributed by atoms with Crippen LogP contribution < -0.4 is 11.1 Å². The van der Waals surface area contributed by atoms with Crippen molar-refractivity contribution in [2.45, 2.75) is 59.3 Å². The molecule has 2 aromatic carbocycles. The van der Waals surface area contributed by atoms with Crippen molar-refractivity contribution in [2.75, 3.05) is 5.73 Å². The molecule has 2 aliphatic rings. The Morgan fingerprint density at radius 3 is 2.22 bits per heavy atom. The van der Waals surface area contributed by atoms with Crippen LogP contribution in [-0.2, 0) is 24.1 Å². The summed E-state index contributed by atoms with van der Waals surface area (Å²) in [4.78, 5) is 17.3. The Hall–Kier alpha value is -3.18. The quantitative estimate of drug-likeness (QED) is 0.610. The second kappa shape index (κ2) is 7.75. The molecule has 5 nitrogen and oxygen atoms in total. The van der Waals surface area contributed by atoms with Crippen LogP contribution in [0.3, 0.4) is 0 Å². The van der Waals surface area contributed by atoms with Crippen molar-refractivity contribution in [1.82, 2.24) is 10.3 Å². The average Bonchev–Trinajstić information content (AvgIpc) is 3.33. The first-order chi connectivity index (χ1) is 15.4. The Morgan fingerprint density at radius 1 is 0.969 bits per heavy atom. The van der Waals surface area contributed by atoms with Gasteiger partial charge in [-0.1, -0.05) is 32.0 Å². The third kappa shape index (κ3) is 3.19. The number of nitrogens with two attached hydrogens (primary N) is 1. The van der Waals surface area contributed by atoms with Crippen molar-refractivity contribution in [3.63, 3.8) is 0 Å². The number of carbonyl (C=O) groups excluding carboxylic acids is 1. The number of aromatic nitrogens is 1. The van der Waals surface area contributed by atoms with Crippen LogP contribution in [0.5, 0.6) is 0 Å². The van der Waals surface area contributed by atoms with Gasteiger partial charge in [-0.2, -0.15) is 0 Å². The highest BCUT2D eigenvalue weighted by atomic mass is 16.5. The minimum absolute atomic E-state index is 0.0236. The van der Waals surface area contributed by atoms with Gasteiger partial charge in [-0.25, -0.2) is 4.98 Å².